The Labute approximate surface area is 74.6 Å². The average Bonchev–Trinajstić information content (AvgIpc) is 2.16. The number of rotatable bonds is 4. The Morgan fingerprint density at radius 1 is 1.58 bits per heavy atom. The molecule has 1 atom stereocenters. The van der Waals surface area contributed by atoms with Gasteiger partial charge in [0.05, 0.1) is 5.54 Å². The minimum absolute atomic E-state index is 0.112. The van der Waals surface area contributed by atoms with E-state index in [9.17, 15) is 0 Å². The molecule has 1 heterocycles. The third-order valence-corrected chi connectivity index (χ3v) is 2.43. The fraction of sp³-hybridized carbons (Fsp3) is 0.778. The summed E-state index contributed by atoms with van der Waals surface area (Å²) < 4.78 is 0. The molecule has 1 fully saturated rings. The molecule has 3 nitrogen and oxygen atoms in total. The highest BCUT2D eigenvalue weighted by molar-refractivity contribution is 5.06. The van der Waals surface area contributed by atoms with Crippen molar-refractivity contribution < 1.29 is 0 Å². The summed E-state index contributed by atoms with van der Waals surface area (Å²) in [5.74, 6) is 0. The van der Waals surface area contributed by atoms with Gasteiger partial charge in [0.15, 0.2) is 0 Å². The van der Waals surface area contributed by atoms with Crippen LogP contribution in [-0.2, 0) is 0 Å². The van der Waals surface area contributed by atoms with E-state index >= 15 is 0 Å². The fourth-order valence-electron chi connectivity index (χ4n) is 1.55. The number of hydrogen-bond donors (Lipinski definition) is 3. The van der Waals surface area contributed by atoms with Crippen LogP contribution in [0.3, 0.4) is 0 Å². The molecule has 0 aromatic rings. The molecule has 0 bridgehead atoms. The maximum atomic E-state index is 3.88. The maximum absolute atomic E-state index is 3.88. The second-order valence-electron chi connectivity index (χ2n) is 3.32. The lowest BCUT2D eigenvalue weighted by Crippen LogP contribution is -2.58. The van der Waals surface area contributed by atoms with Crippen molar-refractivity contribution in [1.29, 1.82) is 0 Å². The molecule has 1 rings (SSSR count). The summed E-state index contributed by atoms with van der Waals surface area (Å²) in [6, 6.07) is 0. The molecule has 1 aliphatic rings. The highest BCUT2D eigenvalue weighted by Gasteiger charge is 2.26. The first-order valence-electron chi connectivity index (χ1n) is 4.57. The SMILES string of the molecule is C=CC1(CCNC)CNCCN1. The van der Waals surface area contributed by atoms with Crippen LogP contribution in [0.4, 0.5) is 0 Å². The predicted octanol–water partition coefficient (Wildman–Crippen LogP) is -0.286. The van der Waals surface area contributed by atoms with Crippen molar-refractivity contribution in [2.75, 3.05) is 33.2 Å². The quantitative estimate of drug-likeness (QED) is 0.506. The zero-order chi connectivity index (χ0) is 8.86. The van der Waals surface area contributed by atoms with Gasteiger partial charge in [-0.15, -0.1) is 6.58 Å². The van der Waals surface area contributed by atoms with Gasteiger partial charge in [0.2, 0.25) is 0 Å². The van der Waals surface area contributed by atoms with Crippen LogP contribution in [0.1, 0.15) is 6.42 Å². The minimum atomic E-state index is 0.112. The van der Waals surface area contributed by atoms with Crippen molar-refractivity contribution in [1.82, 2.24) is 16.0 Å². The fourth-order valence-corrected chi connectivity index (χ4v) is 1.55. The zero-order valence-corrected chi connectivity index (χ0v) is 7.82. The van der Waals surface area contributed by atoms with E-state index in [-0.39, 0.29) is 5.54 Å². The van der Waals surface area contributed by atoms with Gasteiger partial charge in [0.1, 0.15) is 0 Å². The minimum Gasteiger partial charge on any atom is -0.320 e. The van der Waals surface area contributed by atoms with Gasteiger partial charge in [-0.2, -0.15) is 0 Å². The van der Waals surface area contributed by atoms with Crippen LogP contribution in [0.15, 0.2) is 12.7 Å². The van der Waals surface area contributed by atoms with Crippen LogP contribution in [0.5, 0.6) is 0 Å². The highest BCUT2D eigenvalue weighted by Crippen LogP contribution is 2.11. The van der Waals surface area contributed by atoms with Crippen molar-refractivity contribution >= 4 is 0 Å². The van der Waals surface area contributed by atoms with Crippen LogP contribution in [-0.4, -0.2) is 38.8 Å². The van der Waals surface area contributed by atoms with Crippen molar-refractivity contribution in [2.24, 2.45) is 0 Å². The van der Waals surface area contributed by atoms with E-state index in [1.54, 1.807) is 0 Å². The normalized spacial score (nSPS) is 30.1. The second kappa shape index (κ2) is 4.60. The maximum Gasteiger partial charge on any atom is 0.0500 e. The summed E-state index contributed by atoms with van der Waals surface area (Å²) in [5.41, 5.74) is 0.112. The van der Waals surface area contributed by atoms with Gasteiger partial charge < -0.3 is 16.0 Å². The first kappa shape index (κ1) is 9.71. The van der Waals surface area contributed by atoms with Crippen molar-refractivity contribution in [2.45, 2.75) is 12.0 Å². The van der Waals surface area contributed by atoms with Crippen molar-refractivity contribution in [3.05, 3.63) is 12.7 Å². The molecule has 1 unspecified atom stereocenters. The Morgan fingerprint density at radius 2 is 2.42 bits per heavy atom. The van der Waals surface area contributed by atoms with E-state index in [4.69, 9.17) is 0 Å². The summed E-state index contributed by atoms with van der Waals surface area (Å²) in [6.07, 6.45) is 3.12. The molecule has 3 N–H and O–H groups in total. The topological polar surface area (TPSA) is 36.1 Å². The van der Waals surface area contributed by atoms with Crippen LogP contribution in [0.2, 0.25) is 0 Å². The summed E-state index contributed by atoms with van der Waals surface area (Å²) in [5, 5.41) is 10.0. The largest absolute Gasteiger partial charge is 0.320 e. The van der Waals surface area contributed by atoms with E-state index in [0.717, 1.165) is 32.6 Å². The Bertz CT molecular complexity index is 139. The van der Waals surface area contributed by atoms with Crippen LogP contribution < -0.4 is 16.0 Å². The summed E-state index contributed by atoms with van der Waals surface area (Å²) in [4.78, 5) is 0. The Hall–Kier alpha value is -0.380. The molecule has 0 aliphatic carbocycles. The third-order valence-electron chi connectivity index (χ3n) is 2.43. The van der Waals surface area contributed by atoms with Crippen molar-refractivity contribution in [3.8, 4) is 0 Å². The Kier molecular flexibility index (Phi) is 3.72. The smallest absolute Gasteiger partial charge is 0.0500 e. The molecular formula is C9H19N3. The summed E-state index contributed by atoms with van der Waals surface area (Å²) >= 11 is 0. The highest BCUT2D eigenvalue weighted by atomic mass is 15.1. The van der Waals surface area contributed by atoms with E-state index in [1.165, 1.54) is 0 Å². The molecule has 0 aromatic heterocycles. The van der Waals surface area contributed by atoms with E-state index in [0.29, 0.717) is 0 Å². The van der Waals surface area contributed by atoms with E-state index in [1.807, 2.05) is 13.1 Å². The lowest BCUT2D eigenvalue weighted by atomic mass is 9.93. The molecule has 0 aromatic carbocycles. The number of piperazine rings is 1. The van der Waals surface area contributed by atoms with Crippen LogP contribution in [0.25, 0.3) is 0 Å². The van der Waals surface area contributed by atoms with Gasteiger partial charge in [-0.05, 0) is 20.0 Å². The second-order valence-corrected chi connectivity index (χ2v) is 3.32. The molecule has 0 amide bonds. The van der Waals surface area contributed by atoms with Gasteiger partial charge in [-0.3, -0.25) is 0 Å². The first-order valence-corrected chi connectivity index (χ1v) is 4.57. The average molecular weight is 169 g/mol. The Morgan fingerprint density at radius 3 is 2.92 bits per heavy atom. The molecule has 0 spiro atoms. The molecule has 12 heavy (non-hydrogen) atoms. The zero-order valence-electron chi connectivity index (χ0n) is 7.82. The van der Waals surface area contributed by atoms with Gasteiger partial charge >= 0.3 is 0 Å². The molecule has 0 saturated carbocycles. The summed E-state index contributed by atoms with van der Waals surface area (Å²) in [6.45, 7) is 8.01. The number of nitrogens with one attached hydrogen (secondary N) is 3. The van der Waals surface area contributed by atoms with E-state index in [2.05, 4.69) is 22.5 Å². The summed E-state index contributed by atoms with van der Waals surface area (Å²) in [7, 11) is 1.98. The molecule has 0 radical (unpaired) electrons. The van der Waals surface area contributed by atoms with Crippen LogP contribution in [0, 0.1) is 0 Å². The van der Waals surface area contributed by atoms with Gasteiger partial charge in [-0.1, -0.05) is 6.08 Å². The molecule has 70 valence electrons. The molecule has 1 saturated heterocycles. The lowest BCUT2D eigenvalue weighted by Gasteiger charge is -2.36. The molecular weight excluding hydrogens is 150 g/mol. The van der Waals surface area contributed by atoms with Gasteiger partial charge in [-0.25, -0.2) is 0 Å². The van der Waals surface area contributed by atoms with E-state index < -0.39 is 0 Å². The molecule has 3 heteroatoms. The third kappa shape index (κ3) is 2.30. The van der Waals surface area contributed by atoms with Gasteiger partial charge in [0, 0.05) is 19.6 Å². The molecule has 1 aliphatic heterocycles. The standard InChI is InChI=1S/C9H19N3/c1-3-9(4-5-10-2)8-11-6-7-12-9/h3,10-12H,1,4-8H2,2H3. The van der Waals surface area contributed by atoms with Gasteiger partial charge in [0.25, 0.3) is 0 Å². The first-order chi connectivity index (χ1) is 5.83. The predicted molar refractivity (Wildman–Crippen MR) is 52.3 cm³/mol. The Balaban J connectivity index is 2.42. The van der Waals surface area contributed by atoms with Crippen molar-refractivity contribution in [3.63, 3.8) is 0 Å². The van der Waals surface area contributed by atoms with Crippen LogP contribution >= 0.6 is 0 Å². The number of hydrogen-bond acceptors (Lipinski definition) is 3. The monoisotopic (exact) mass is 169 g/mol. The lowest BCUT2D eigenvalue weighted by molar-refractivity contribution is 0.313.